The van der Waals surface area contributed by atoms with Gasteiger partial charge in [-0.2, -0.15) is 0 Å². The molecule has 1 N–H and O–H groups in total. The summed E-state index contributed by atoms with van der Waals surface area (Å²) in [4.78, 5) is 46.8. The van der Waals surface area contributed by atoms with Crippen molar-refractivity contribution in [2.24, 2.45) is 0 Å². The van der Waals surface area contributed by atoms with Crippen LogP contribution in [0.25, 0.3) is 0 Å². The average molecular weight is 516 g/mol. The number of carbonyl (C=O) groups excluding carboxylic acids is 4. The third kappa shape index (κ3) is 7.88. The van der Waals surface area contributed by atoms with Crippen molar-refractivity contribution in [1.29, 1.82) is 0 Å². The van der Waals surface area contributed by atoms with Gasteiger partial charge in [-0.15, -0.1) is 0 Å². The number of halogens is 1. The summed E-state index contributed by atoms with van der Waals surface area (Å²) >= 11 is 3.39. The van der Waals surface area contributed by atoms with Crippen LogP contribution in [0.3, 0.4) is 0 Å². The van der Waals surface area contributed by atoms with Crippen molar-refractivity contribution in [2.45, 2.75) is 64.9 Å². The van der Waals surface area contributed by atoms with Crippen LogP contribution < -0.4 is 5.32 Å². The molecule has 0 unspecified atom stereocenters. The molecule has 0 saturated carbocycles. The summed E-state index contributed by atoms with van der Waals surface area (Å²) in [7, 11) is 0. The van der Waals surface area contributed by atoms with E-state index in [1.54, 1.807) is 0 Å². The monoisotopic (exact) mass is 515 g/mol. The largest absolute Gasteiger partial charge is 0.463 e. The van der Waals surface area contributed by atoms with Crippen molar-refractivity contribution >= 4 is 39.7 Å². The fraction of sp³-hybridized carbons (Fsp3) is 0.524. The molecular formula is C21H26BrNO9. The number of ether oxygens (including phenoxy) is 5. The molecule has 2 rings (SSSR count). The Balaban J connectivity index is 2.36. The second-order valence-corrected chi connectivity index (χ2v) is 8.08. The highest BCUT2D eigenvalue weighted by Crippen LogP contribution is 2.28. The highest BCUT2D eigenvalue weighted by molar-refractivity contribution is 9.10. The summed E-state index contributed by atoms with van der Waals surface area (Å²) in [5.74, 6) is -2.35. The zero-order chi connectivity index (χ0) is 23.8. The third-order valence-electron chi connectivity index (χ3n) is 4.37. The molecule has 0 radical (unpaired) electrons. The smallest absolute Gasteiger partial charge is 0.303 e. The van der Waals surface area contributed by atoms with Crippen molar-refractivity contribution in [3.63, 3.8) is 0 Å². The van der Waals surface area contributed by atoms with Crippen molar-refractivity contribution < 1.29 is 42.9 Å². The summed E-state index contributed by atoms with van der Waals surface area (Å²) in [5.41, 5.74) is 0.812. The van der Waals surface area contributed by atoms with E-state index in [9.17, 15) is 19.2 Å². The zero-order valence-corrected chi connectivity index (χ0v) is 19.7. The van der Waals surface area contributed by atoms with Crippen LogP contribution in [0.2, 0.25) is 0 Å². The van der Waals surface area contributed by atoms with E-state index in [0.717, 1.165) is 10.0 Å². The Kier molecular flexibility index (Phi) is 9.60. The first-order valence-corrected chi connectivity index (χ1v) is 10.6. The molecule has 11 heteroatoms. The lowest BCUT2D eigenvalue weighted by Crippen LogP contribution is -2.66. The molecule has 0 aromatic heterocycles. The Morgan fingerprint density at radius 2 is 1.66 bits per heavy atom. The van der Waals surface area contributed by atoms with E-state index in [4.69, 9.17) is 23.7 Å². The van der Waals surface area contributed by atoms with Crippen LogP contribution in [-0.2, 0) is 49.5 Å². The summed E-state index contributed by atoms with van der Waals surface area (Å²) in [6.45, 7) is 4.68. The minimum absolute atomic E-state index is 0.103. The molecule has 1 heterocycles. The number of carbonyl (C=O) groups is 4. The van der Waals surface area contributed by atoms with Gasteiger partial charge in [0, 0.05) is 32.2 Å². The summed E-state index contributed by atoms with van der Waals surface area (Å²) in [5, 5.41) is 2.65. The van der Waals surface area contributed by atoms with Crippen LogP contribution in [0.1, 0.15) is 33.3 Å². The molecule has 0 bridgehead atoms. The number of benzene rings is 1. The Bertz CT molecular complexity index is 846. The zero-order valence-electron chi connectivity index (χ0n) is 18.2. The van der Waals surface area contributed by atoms with Crippen LogP contribution >= 0.6 is 15.9 Å². The lowest BCUT2D eigenvalue weighted by Gasteiger charge is -2.44. The van der Waals surface area contributed by atoms with Gasteiger partial charge in [-0.05, 0) is 17.7 Å². The maximum Gasteiger partial charge on any atom is 0.303 e. The number of amides is 1. The fourth-order valence-corrected chi connectivity index (χ4v) is 3.68. The minimum atomic E-state index is -1.15. The Hall–Kier alpha value is -2.50. The van der Waals surface area contributed by atoms with Crippen LogP contribution in [0.4, 0.5) is 0 Å². The molecule has 5 atom stereocenters. The molecular weight excluding hydrogens is 490 g/mol. The number of rotatable bonds is 8. The molecule has 1 fully saturated rings. The second-order valence-electron chi connectivity index (χ2n) is 7.16. The van der Waals surface area contributed by atoms with E-state index in [0.29, 0.717) is 0 Å². The number of hydrogen-bond acceptors (Lipinski definition) is 9. The Morgan fingerprint density at radius 3 is 2.22 bits per heavy atom. The van der Waals surface area contributed by atoms with E-state index < -0.39 is 54.5 Å². The first-order chi connectivity index (χ1) is 15.1. The SMILES string of the molecule is CC(=O)N[C@H]1[C@H](OCc2cccc(Br)c2)O[C@H](COC(C)=O)[C@@H](OC(C)=O)[C@@H]1OC(C)=O. The van der Waals surface area contributed by atoms with Gasteiger partial charge in [-0.25, -0.2) is 0 Å². The van der Waals surface area contributed by atoms with Gasteiger partial charge in [-0.3, -0.25) is 19.2 Å². The third-order valence-corrected chi connectivity index (χ3v) is 4.87. The first-order valence-electron chi connectivity index (χ1n) is 9.83. The highest BCUT2D eigenvalue weighted by atomic mass is 79.9. The average Bonchev–Trinajstić information content (AvgIpc) is 2.67. The molecule has 1 aromatic carbocycles. The Labute approximate surface area is 194 Å². The van der Waals surface area contributed by atoms with Gasteiger partial charge in [0.25, 0.3) is 0 Å². The van der Waals surface area contributed by atoms with E-state index >= 15 is 0 Å². The molecule has 1 saturated heterocycles. The summed E-state index contributed by atoms with van der Waals surface area (Å²) in [6, 6.07) is 6.37. The van der Waals surface area contributed by atoms with Crippen molar-refractivity contribution in [3.05, 3.63) is 34.3 Å². The molecule has 1 aromatic rings. The standard InChI is InChI=1S/C21H26BrNO9/c1-11(24)23-18-20(31-14(4)27)19(30-13(3)26)17(10-28-12(2)25)32-21(18)29-9-15-6-5-7-16(22)8-15/h5-8,17-21H,9-10H2,1-4H3,(H,23,24)/t17-,18-,19-,20-,21-/m1/s1. The number of esters is 3. The Morgan fingerprint density at radius 1 is 1.00 bits per heavy atom. The summed E-state index contributed by atoms with van der Waals surface area (Å²) < 4.78 is 28.5. The van der Waals surface area contributed by atoms with Crippen LogP contribution in [-0.4, -0.2) is 61.1 Å². The number of nitrogens with one attached hydrogen (secondary N) is 1. The maximum atomic E-state index is 11.9. The van der Waals surface area contributed by atoms with Gasteiger partial charge in [-0.1, -0.05) is 28.1 Å². The van der Waals surface area contributed by atoms with E-state index in [-0.39, 0.29) is 13.2 Å². The van der Waals surface area contributed by atoms with Gasteiger partial charge in [0.05, 0.1) is 6.61 Å². The van der Waals surface area contributed by atoms with Gasteiger partial charge >= 0.3 is 17.9 Å². The maximum absolute atomic E-state index is 11.9. The molecule has 0 aliphatic carbocycles. The van der Waals surface area contributed by atoms with Gasteiger partial charge in [0.15, 0.2) is 18.5 Å². The van der Waals surface area contributed by atoms with Crippen LogP contribution in [0.15, 0.2) is 28.7 Å². The quantitative estimate of drug-likeness (QED) is 0.405. The normalized spacial score (nSPS) is 24.8. The van der Waals surface area contributed by atoms with Crippen LogP contribution in [0.5, 0.6) is 0 Å². The molecule has 1 aliphatic heterocycles. The topological polar surface area (TPSA) is 126 Å². The summed E-state index contributed by atoms with van der Waals surface area (Å²) in [6.07, 6.45) is -4.42. The molecule has 176 valence electrons. The lowest BCUT2D eigenvalue weighted by atomic mass is 9.96. The van der Waals surface area contributed by atoms with Crippen molar-refractivity contribution in [3.8, 4) is 0 Å². The van der Waals surface area contributed by atoms with Crippen LogP contribution in [0, 0.1) is 0 Å². The highest BCUT2D eigenvalue weighted by Gasteiger charge is 2.51. The molecule has 1 aliphatic rings. The van der Waals surface area contributed by atoms with Crippen molar-refractivity contribution in [2.75, 3.05) is 6.61 Å². The molecule has 32 heavy (non-hydrogen) atoms. The predicted octanol–water partition coefficient (Wildman–Crippen LogP) is 1.62. The fourth-order valence-electron chi connectivity index (χ4n) is 3.24. The lowest BCUT2D eigenvalue weighted by molar-refractivity contribution is -0.280. The predicted molar refractivity (Wildman–Crippen MR) is 113 cm³/mol. The first kappa shape index (κ1) is 25.8. The molecule has 10 nitrogen and oxygen atoms in total. The molecule has 1 amide bonds. The van der Waals surface area contributed by atoms with E-state index in [2.05, 4.69) is 21.2 Å². The van der Waals surface area contributed by atoms with Crippen molar-refractivity contribution in [1.82, 2.24) is 5.32 Å². The van der Waals surface area contributed by atoms with Gasteiger partial charge < -0.3 is 29.0 Å². The van der Waals surface area contributed by atoms with Gasteiger partial charge in [0.1, 0.15) is 18.8 Å². The minimum Gasteiger partial charge on any atom is -0.463 e. The van der Waals surface area contributed by atoms with E-state index in [1.807, 2.05) is 24.3 Å². The van der Waals surface area contributed by atoms with E-state index in [1.165, 1.54) is 27.7 Å². The van der Waals surface area contributed by atoms with Gasteiger partial charge in [0.2, 0.25) is 5.91 Å². The molecule has 0 spiro atoms. The number of hydrogen-bond donors (Lipinski definition) is 1. The second kappa shape index (κ2) is 11.9.